The highest BCUT2D eigenvalue weighted by Gasteiger charge is 2.19. The van der Waals surface area contributed by atoms with Crippen molar-refractivity contribution in [2.45, 2.75) is 52.1 Å². The molecule has 150 valence electrons. The lowest BCUT2D eigenvalue weighted by Crippen LogP contribution is -2.27. The second-order valence-corrected chi connectivity index (χ2v) is 7.69. The van der Waals surface area contributed by atoms with E-state index >= 15 is 0 Å². The van der Waals surface area contributed by atoms with Gasteiger partial charge in [0.25, 0.3) is 5.91 Å². The first-order valence-corrected chi connectivity index (χ1v) is 10.6. The summed E-state index contributed by atoms with van der Waals surface area (Å²) in [5.74, 6) is 0.734. The molecule has 1 heterocycles. The van der Waals surface area contributed by atoms with Crippen molar-refractivity contribution in [2.24, 2.45) is 0 Å². The molecule has 0 bridgehead atoms. The first-order valence-electron chi connectivity index (χ1n) is 9.35. The minimum atomic E-state index is -0.228. The second-order valence-electron chi connectivity index (χ2n) is 6.89. The number of nitrogens with one attached hydrogen (secondary N) is 1. The first kappa shape index (κ1) is 21.9. The van der Waals surface area contributed by atoms with Crippen molar-refractivity contribution in [3.8, 4) is 0 Å². The molecule has 1 N–H and O–H groups in total. The van der Waals surface area contributed by atoms with Crippen molar-refractivity contribution < 1.29 is 9.59 Å². The van der Waals surface area contributed by atoms with Crippen molar-refractivity contribution in [1.82, 2.24) is 14.9 Å². The minimum Gasteiger partial charge on any atom is -0.339 e. The highest BCUT2D eigenvalue weighted by atomic mass is 32.2. The summed E-state index contributed by atoms with van der Waals surface area (Å²) in [6, 6.07) is 7.55. The van der Waals surface area contributed by atoms with Crippen LogP contribution in [0.3, 0.4) is 0 Å². The van der Waals surface area contributed by atoms with E-state index in [1.54, 1.807) is 11.8 Å². The fourth-order valence-electron chi connectivity index (χ4n) is 2.84. The molecule has 6 nitrogen and oxygen atoms in total. The van der Waals surface area contributed by atoms with Gasteiger partial charge in [0, 0.05) is 31.6 Å². The van der Waals surface area contributed by atoms with Crippen LogP contribution in [0.25, 0.3) is 0 Å². The summed E-state index contributed by atoms with van der Waals surface area (Å²) in [6.07, 6.45) is 1.91. The highest BCUT2D eigenvalue weighted by Crippen LogP contribution is 2.24. The molecule has 0 atom stereocenters. The van der Waals surface area contributed by atoms with Crippen LogP contribution in [0.15, 0.2) is 29.3 Å². The fourth-order valence-corrected chi connectivity index (χ4v) is 3.47. The van der Waals surface area contributed by atoms with Gasteiger partial charge in [-0.15, -0.1) is 11.8 Å². The Hall–Kier alpha value is -2.41. The van der Waals surface area contributed by atoms with Gasteiger partial charge in [0.1, 0.15) is 10.9 Å². The number of anilines is 1. The van der Waals surface area contributed by atoms with Crippen LogP contribution in [0.1, 0.15) is 61.1 Å². The van der Waals surface area contributed by atoms with Gasteiger partial charge in [0.15, 0.2) is 0 Å². The predicted octanol–water partition coefficient (Wildman–Crippen LogP) is 4.25. The van der Waals surface area contributed by atoms with E-state index in [-0.39, 0.29) is 17.7 Å². The number of aryl methyl sites for hydroxylation is 1. The average molecular weight is 401 g/mol. The summed E-state index contributed by atoms with van der Waals surface area (Å²) >= 11 is 1.44. The van der Waals surface area contributed by atoms with Crippen molar-refractivity contribution in [3.63, 3.8) is 0 Å². The van der Waals surface area contributed by atoms with E-state index in [0.29, 0.717) is 35.1 Å². The maximum Gasteiger partial charge on any atom is 0.260 e. The number of hydrogen-bond donors (Lipinski definition) is 1. The number of aromatic nitrogens is 2. The van der Waals surface area contributed by atoms with Crippen LogP contribution in [-0.4, -0.2) is 39.5 Å². The van der Waals surface area contributed by atoms with Gasteiger partial charge in [-0.05, 0) is 37.8 Å². The summed E-state index contributed by atoms with van der Waals surface area (Å²) in [5, 5.41) is 3.63. The summed E-state index contributed by atoms with van der Waals surface area (Å²) in [4.78, 5) is 35.4. The van der Waals surface area contributed by atoms with Crippen LogP contribution < -0.4 is 5.32 Å². The largest absolute Gasteiger partial charge is 0.339 e. The molecule has 0 fully saturated rings. The van der Waals surface area contributed by atoms with Crippen molar-refractivity contribution in [2.75, 3.05) is 18.1 Å². The molecule has 7 heteroatoms. The Morgan fingerprint density at radius 3 is 2.54 bits per heavy atom. The first-order chi connectivity index (χ1) is 13.3. The Bertz CT molecular complexity index is 867. The third kappa shape index (κ3) is 5.32. The third-order valence-corrected chi connectivity index (χ3v) is 5.08. The lowest BCUT2D eigenvalue weighted by molar-refractivity contribution is -0.129. The summed E-state index contributed by atoms with van der Waals surface area (Å²) in [5.41, 5.74) is 2.82. The van der Waals surface area contributed by atoms with E-state index in [0.717, 1.165) is 11.4 Å². The van der Waals surface area contributed by atoms with E-state index < -0.39 is 0 Å². The number of nitrogens with zero attached hydrogens (tertiary/aromatic N) is 3. The Morgan fingerprint density at radius 1 is 1.25 bits per heavy atom. The van der Waals surface area contributed by atoms with Crippen LogP contribution in [-0.2, 0) is 11.3 Å². The van der Waals surface area contributed by atoms with E-state index in [1.807, 2.05) is 58.2 Å². The molecule has 1 aromatic heterocycles. The van der Waals surface area contributed by atoms with E-state index in [9.17, 15) is 9.59 Å². The number of benzene rings is 1. The molecule has 2 rings (SSSR count). The van der Waals surface area contributed by atoms with Crippen molar-refractivity contribution in [1.29, 1.82) is 0 Å². The normalized spacial score (nSPS) is 10.8. The molecular formula is C21H28N4O2S. The molecule has 0 aliphatic heterocycles. The molecule has 0 saturated heterocycles. The molecule has 0 unspecified atom stereocenters. The molecule has 0 aliphatic carbocycles. The highest BCUT2D eigenvalue weighted by molar-refractivity contribution is 7.98. The second kappa shape index (κ2) is 9.68. The number of carbonyl (C=O) groups excluding carboxylic acids is 2. The summed E-state index contributed by atoms with van der Waals surface area (Å²) < 4.78 is 0. The zero-order valence-corrected chi connectivity index (χ0v) is 18.2. The van der Waals surface area contributed by atoms with E-state index in [4.69, 9.17) is 0 Å². The molecule has 0 saturated carbocycles. The lowest BCUT2D eigenvalue weighted by atomic mass is 10.1. The van der Waals surface area contributed by atoms with Gasteiger partial charge in [0.05, 0.1) is 11.3 Å². The van der Waals surface area contributed by atoms with E-state index in [2.05, 4.69) is 15.3 Å². The number of thioether (sulfide) groups is 1. The lowest BCUT2D eigenvalue weighted by Gasteiger charge is -2.19. The van der Waals surface area contributed by atoms with Gasteiger partial charge < -0.3 is 10.2 Å². The van der Waals surface area contributed by atoms with Gasteiger partial charge >= 0.3 is 0 Å². The van der Waals surface area contributed by atoms with Crippen molar-refractivity contribution in [3.05, 3.63) is 46.9 Å². The Morgan fingerprint density at radius 2 is 1.96 bits per heavy atom. The molecular weight excluding hydrogens is 372 g/mol. The number of amides is 2. The SMILES string of the molecule is CCN(Cc1cccc(NC(=O)c2c(C)nc(C(C)C)nc2SC)c1)C(C)=O. The Balaban J connectivity index is 2.26. The predicted molar refractivity (Wildman–Crippen MR) is 114 cm³/mol. The number of rotatable bonds is 7. The molecule has 0 aliphatic rings. The van der Waals surface area contributed by atoms with Crippen LogP contribution in [0.4, 0.5) is 5.69 Å². The Labute approximate surface area is 171 Å². The topological polar surface area (TPSA) is 75.2 Å². The molecule has 0 spiro atoms. The molecule has 2 amide bonds. The van der Waals surface area contributed by atoms with E-state index in [1.165, 1.54) is 11.8 Å². The van der Waals surface area contributed by atoms with Gasteiger partial charge in [-0.25, -0.2) is 9.97 Å². The van der Waals surface area contributed by atoms with Gasteiger partial charge in [-0.3, -0.25) is 9.59 Å². The molecule has 2 aromatic rings. The quantitative estimate of drug-likeness (QED) is 0.555. The van der Waals surface area contributed by atoms with Gasteiger partial charge in [0.2, 0.25) is 5.91 Å². The minimum absolute atomic E-state index is 0.0274. The monoisotopic (exact) mass is 400 g/mol. The zero-order valence-electron chi connectivity index (χ0n) is 17.4. The standard InChI is InChI=1S/C21H28N4O2S/c1-7-25(15(5)26)12-16-9-8-10-17(11-16)23-20(27)18-14(4)22-19(13(2)3)24-21(18)28-6/h8-11,13H,7,12H2,1-6H3,(H,23,27). The smallest absolute Gasteiger partial charge is 0.260 e. The summed E-state index contributed by atoms with van der Waals surface area (Å²) in [7, 11) is 0. The molecule has 28 heavy (non-hydrogen) atoms. The molecule has 0 radical (unpaired) electrons. The van der Waals surface area contributed by atoms with Crippen LogP contribution in [0.5, 0.6) is 0 Å². The maximum absolute atomic E-state index is 12.9. The van der Waals surface area contributed by atoms with Crippen molar-refractivity contribution >= 4 is 29.3 Å². The van der Waals surface area contributed by atoms with Crippen LogP contribution >= 0.6 is 11.8 Å². The number of hydrogen-bond acceptors (Lipinski definition) is 5. The summed E-state index contributed by atoms with van der Waals surface area (Å²) in [6.45, 7) is 10.6. The number of carbonyl (C=O) groups is 2. The van der Waals surface area contributed by atoms with Gasteiger partial charge in [-0.2, -0.15) is 0 Å². The fraction of sp³-hybridized carbons (Fsp3) is 0.429. The maximum atomic E-state index is 12.9. The Kier molecular flexibility index (Phi) is 7.57. The zero-order chi connectivity index (χ0) is 20.8. The van der Waals surface area contributed by atoms with Gasteiger partial charge in [-0.1, -0.05) is 26.0 Å². The average Bonchev–Trinajstić information content (AvgIpc) is 2.65. The third-order valence-electron chi connectivity index (χ3n) is 4.40. The van der Waals surface area contributed by atoms with Crippen LogP contribution in [0.2, 0.25) is 0 Å². The molecule has 1 aromatic carbocycles. The van der Waals surface area contributed by atoms with Crippen LogP contribution in [0, 0.1) is 6.92 Å².